The van der Waals surface area contributed by atoms with Gasteiger partial charge in [0.15, 0.2) is 11.2 Å². The molecule has 0 saturated heterocycles. The Morgan fingerprint density at radius 2 is 1.90 bits per heavy atom. The molecule has 114 valence electrons. The fourth-order valence-corrected chi connectivity index (χ4v) is 2.36. The molecule has 0 amide bonds. The number of carbonyl (C=O) groups is 1. The van der Waals surface area contributed by atoms with Gasteiger partial charge >= 0.3 is 11.7 Å². The maximum atomic E-state index is 12.3. The first-order chi connectivity index (χ1) is 9.79. The van der Waals surface area contributed by atoms with Crippen LogP contribution >= 0.6 is 0 Å². The van der Waals surface area contributed by atoms with Crippen molar-refractivity contribution in [2.45, 2.75) is 33.9 Å². The zero-order chi connectivity index (χ0) is 15.9. The lowest BCUT2D eigenvalue weighted by atomic mass is 10.2. The summed E-state index contributed by atoms with van der Waals surface area (Å²) in [6.07, 6.45) is 0. The van der Waals surface area contributed by atoms with Crippen LogP contribution in [0.1, 0.15) is 31.4 Å². The molecule has 1 N–H and O–H groups in total. The molecule has 0 unspecified atom stereocenters. The second-order valence-corrected chi connectivity index (χ2v) is 5.31. The van der Waals surface area contributed by atoms with E-state index in [4.69, 9.17) is 0 Å². The van der Waals surface area contributed by atoms with Gasteiger partial charge in [0.1, 0.15) is 0 Å². The summed E-state index contributed by atoms with van der Waals surface area (Å²) in [5.74, 6) is -1.30. The molecule has 2 aromatic rings. The summed E-state index contributed by atoms with van der Waals surface area (Å²) in [6.45, 7) is 6.23. The lowest BCUT2D eigenvalue weighted by Crippen LogP contribution is -2.39. The van der Waals surface area contributed by atoms with Crippen molar-refractivity contribution in [3.8, 4) is 0 Å². The molecular formula is C13H18N4O4. The third-order valence-electron chi connectivity index (χ3n) is 3.29. The van der Waals surface area contributed by atoms with Gasteiger partial charge in [0.25, 0.3) is 5.56 Å². The molecule has 0 aliphatic rings. The van der Waals surface area contributed by atoms with Gasteiger partial charge in [-0.1, -0.05) is 13.8 Å². The van der Waals surface area contributed by atoms with E-state index in [1.54, 1.807) is 6.92 Å². The number of carboxylic acid groups (broad SMARTS) is 1. The molecule has 21 heavy (non-hydrogen) atoms. The van der Waals surface area contributed by atoms with Gasteiger partial charge in [-0.25, -0.2) is 14.6 Å². The SMILES string of the molecule is CCn1c(C(=O)O)nc2c1c(=O)n(C)c(=O)n2CC(C)C. The Balaban J connectivity index is 3.01. The summed E-state index contributed by atoms with van der Waals surface area (Å²) >= 11 is 0. The van der Waals surface area contributed by atoms with E-state index in [1.165, 1.54) is 16.2 Å². The minimum absolute atomic E-state index is 0.135. The van der Waals surface area contributed by atoms with Gasteiger partial charge in [-0.15, -0.1) is 0 Å². The Hall–Kier alpha value is -2.38. The van der Waals surface area contributed by atoms with Gasteiger partial charge in [-0.05, 0) is 12.8 Å². The third kappa shape index (κ3) is 2.26. The number of fused-ring (bicyclic) bond motifs is 1. The van der Waals surface area contributed by atoms with E-state index in [9.17, 15) is 19.5 Å². The lowest BCUT2D eigenvalue weighted by Gasteiger charge is -2.11. The van der Waals surface area contributed by atoms with Crippen LogP contribution in [0, 0.1) is 5.92 Å². The standard InChI is InChI=1S/C13H18N4O4/c1-5-16-8-9(14-10(16)12(19)20)17(6-7(2)3)13(21)15(4)11(8)18/h7H,5-6H2,1-4H3,(H,19,20). The number of aromatic carboxylic acids is 1. The van der Waals surface area contributed by atoms with Crippen molar-refractivity contribution in [3.63, 3.8) is 0 Å². The molecule has 0 aliphatic carbocycles. The van der Waals surface area contributed by atoms with E-state index in [0.717, 1.165) is 4.57 Å². The third-order valence-corrected chi connectivity index (χ3v) is 3.29. The molecule has 0 spiro atoms. The van der Waals surface area contributed by atoms with E-state index in [1.807, 2.05) is 13.8 Å². The van der Waals surface area contributed by atoms with Crippen LogP contribution in [0.5, 0.6) is 0 Å². The molecule has 2 aromatic heterocycles. The zero-order valence-corrected chi connectivity index (χ0v) is 12.5. The summed E-state index contributed by atoms with van der Waals surface area (Å²) in [7, 11) is 1.38. The maximum Gasteiger partial charge on any atom is 0.372 e. The highest BCUT2D eigenvalue weighted by atomic mass is 16.4. The molecule has 0 saturated carbocycles. The van der Waals surface area contributed by atoms with Crippen molar-refractivity contribution in [1.29, 1.82) is 0 Å². The molecule has 8 nitrogen and oxygen atoms in total. The van der Waals surface area contributed by atoms with Crippen LogP contribution < -0.4 is 11.2 Å². The van der Waals surface area contributed by atoms with Crippen molar-refractivity contribution >= 4 is 17.1 Å². The van der Waals surface area contributed by atoms with E-state index >= 15 is 0 Å². The average molecular weight is 294 g/mol. The molecular weight excluding hydrogens is 276 g/mol. The van der Waals surface area contributed by atoms with Gasteiger partial charge < -0.3 is 9.67 Å². The number of hydrogen-bond donors (Lipinski definition) is 1. The van der Waals surface area contributed by atoms with Crippen LogP contribution in [0.2, 0.25) is 0 Å². The second-order valence-electron chi connectivity index (χ2n) is 5.31. The summed E-state index contributed by atoms with van der Waals surface area (Å²) in [4.78, 5) is 39.8. The predicted octanol–water partition coefficient (Wildman–Crippen LogP) is 0.271. The molecule has 0 aliphatic heterocycles. The Labute approximate surface area is 120 Å². The van der Waals surface area contributed by atoms with Crippen LogP contribution in [0.25, 0.3) is 11.2 Å². The monoisotopic (exact) mass is 294 g/mol. The topological polar surface area (TPSA) is 99.1 Å². The molecule has 0 atom stereocenters. The van der Waals surface area contributed by atoms with Crippen molar-refractivity contribution in [1.82, 2.24) is 18.7 Å². The van der Waals surface area contributed by atoms with Crippen LogP contribution in [0.15, 0.2) is 9.59 Å². The first kappa shape index (κ1) is 15.0. The minimum atomic E-state index is -1.22. The Morgan fingerprint density at radius 1 is 1.29 bits per heavy atom. The second kappa shape index (κ2) is 5.19. The fraction of sp³-hybridized carbons (Fsp3) is 0.538. The molecule has 0 radical (unpaired) electrons. The fourth-order valence-electron chi connectivity index (χ4n) is 2.36. The lowest BCUT2D eigenvalue weighted by molar-refractivity contribution is 0.0679. The number of aromatic nitrogens is 4. The number of carboxylic acids is 1. The van der Waals surface area contributed by atoms with Crippen LogP contribution in [-0.4, -0.2) is 29.8 Å². The Morgan fingerprint density at radius 3 is 2.38 bits per heavy atom. The van der Waals surface area contributed by atoms with Crippen LogP contribution in [0.3, 0.4) is 0 Å². The van der Waals surface area contributed by atoms with Crippen molar-refractivity contribution in [3.05, 3.63) is 26.7 Å². The Bertz CT molecular complexity index is 825. The predicted molar refractivity (Wildman–Crippen MR) is 76.7 cm³/mol. The zero-order valence-electron chi connectivity index (χ0n) is 12.5. The van der Waals surface area contributed by atoms with Crippen LogP contribution in [0.4, 0.5) is 0 Å². The first-order valence-electron chi connectivity index (χ1n) is 6.72. The maximum absolute atomic E-state index is 12.3. The van der Waals surface area contributed by atoms with E-state index in [0.29, 0.717) is 6.54 Å². The molecule has 0 fully saturated rings. The van der Waals surface area contributed by atoms with E-state index < -0.39 is 17.2 Å². The Kier molecular flexibility index (Phi) is 3.71. The molecule has 2 rings (SSSR count). The first-order valence-corrected chi connectivity index (χ1v) is 6.72. The highest BCUT2D eigenvalue weighted by molar-refractivity contribution is 5.88. The summed E-state index contributed by atoms with van der Waals surface area (Å²) in [5, 5.41) is 9.22. The summed E-state index contributed by atoms with van der Waals surface area (Å²) in [6, 6.07) is 0. The summed E-state index contributed by atoms with van der Waals surface area (Å²) < 4.78 is 3.68. The highest BCUT2D eigenvalue weighted by Crippen LogP contribution is 2.13. The van der Waals surface area contributed by atoms with Crippen LogP contribution in [-0.2, 0) is 20.1 Å². The van der Waals surface area contributed by atoms with Gasteiger partial charge in [0.2, 0.25) is 5.82 Å². The average Bonchev–Trinajstić information content (AvgIpc) is 2.80. The number of aryl methyl sites for hydroxylation is 1. The minimum Gasteiger partial charge on any atom is -0.475 e. The van der Waals surface area contributed by atoms with Crippen molar-refractivity contribution in [2.75, 3.05) is 0 Å². The van der Waals surface area contributed by atoms with Gasteiger partial charge in [-0.2, -0.15) is 0 Å². The number of hydrogen-bond acceptors (Lipinski definition) is 4. The van der Waals surface area contributed by atoms with E-state index in [-0.39, 0.29) is 29.5 Å². The number of imidazole rings is 1. The van der Waals surface area contributed by atoms with Crippen molar-refractivity contribution < 1.29 is 9.90 Å². The van der Waals surface area contributed by atoms with Gasteiger partial charge in [-0.3, -0.25) is 13.9 Å². The quantitative estimate of drug-likeness (QED) is 0.872. The molecule has 8 heteroatoms. The smallest absolute Gasteiger partial charge is 0.372 e. The van der Waals surface area contributed by atoms with Gasteiger partial charge in [0, 0.05) is 20.1 Å². The molecule has 0 bridgehead atoms. The largest absolute Gasteiger partial charge is 0.475 e. The van der Waals surface area contributed by atoms with Gasteiger partial charge in [0.05, 0.1) is 0 Å². The number of nitrogens with zero attached hydrogens (tertiary/aromatic N) is 4. The van der Waals surface area contributed by atoms with Crippen molar-refractivity contribution in [2.24, 2.45) is 13.0 Å². The number of rotatable bonds is 4. The van der Waals surface area contributed by atoms with E-state index in [2.05, 4.69) is 4.98 Å². The normalized spacial score (nSPS) is 11.5. The summed E-state index contributed by atoms with van der Waals surface area (Å²) in [5.41, 5.74) is -0.732. The molecule has 0 aromatic carbocycles. The highest BCUT2D eigenvalue weighted by Gasteiger charge is 2.23. The molecule has 2 heterocycles.